The Morgan fingerprint density at radius 2 is 2.10 bits per heavy atom. The van der Waals surface area contributed by atoms with E-state index in [-0.39, 0.29) is 12.4 Å². The largest absolute Gasteiger partial charge is 0.508 e. The van der Waals surface area contributed by atoms with Crippen LogP contribution in [0.3, 0.4) is 0 Å². The van der Waals surface area contributed by atoms with Crippen molar-refractivity contribution in [2.75, 3.05) is 12.4 Å². The molecular weight excluding hydrogens is 150 g/mol. The second kappa shape index (κ2) is 4.01. The number of anilines is 1. The topological polar surface area (TPSA) is 32.3 Å². The average molecular weight is 160 g/mol. The van der Waals surface area contributed by atoms with Gasteiger partial charge in [0.05, 0.1) is 0 Å². The summed E-state index contributed by atoms with van der Waals surface area (Å²) in [7, 11) is 1.81. The zero-order valence-electron chi connectivity index (χ0n) is 5.66. The summed E-state index contributed by atoms with van der Waals surface area (Å²) in [6.45, 7) is 0. The monoisotopic (exact) mass is 159 g/mol. The third-order valence-electron chi connectivity index (χ3n) is 1.13. The molecule has 1 aromatic carbocycles. The van der Waals surface area contributed by atoms with Crippen molar-refractivity contribution >= 4 is 18.1 Å². The van der Waals surface area contributed by atoms with Crippen LogP contribution in [0.4, 0.5) is 5.69 Å². The lowest BCUT2D eigenvalue weighted by molar-refractivity contribution is 0.475. The van der Waals surface area contributed by atoms with E-state index in [1.165, 1.54) is 0 Å². The predicted octanol–water partition coefficient (Wildman–Crippen LogP) is 1.86. The van der Waals surface area contributed by atoms with Crippen LogP contribution < -0.4 is 5.32 Å². The fourth-order valence-corrected chi connectivity index (χ4v) is 0.661. The summed E-state index contributed by atoms with van der Waals surface area (Å²) >= 11 is 0. The highest BCUT2D eigenvalue weighted by Gasteiger charge is 1.86. The number of hydrogen-bond donors (Lipinski definition) is 2. The Morgan fingerprint density at radius 3 is 2.50 bits per heavy atom. The fraction of sp³-hybridized carbons (Fsp3) is 0.143. The Morgan fingerprint density at radius 1 is 1.40 bits per heavy atom. The van der Waals surface area contributed by atoms with Gasteiger partial charge in [0.1, 0.15) is 5.75 Å². The van der Waals surface area contributed by atoms with Gasteiger partial charge < -0.3 is 10.4 Å². The van der Waals surface area contributed by atoms with Crippen LogP contribution in [0.1, 0.15) is 0 Å². The van der Waals surface area contributed by atoms with Crippen molar-refractivity contribution in [1.29, 1.82) is 0 Å². The lowest BCUT2D eigenvalue weighted by Crippen LogP contribution is -1.85. The number of hydrogen-bond acceptors (Lipinski definition) is 2. The molecule has 2 N–H and O–H groups in total. The molecule has 0 saturated heterocycles. The van der Waals surface area contributed by atoms with Crippen LogP contribution in [-0.2, 0) is 0 Å². The summed E-state index contributed by atoms with van der Waals surface area (Å²) in [4.78, 5) is 0. The number of phenolic OH excluding ortho intramolecular Hbond substituents is 1. The standard InChI is InChI=1S/C7H9NO.ClH/c1-8-6-3-2-4-7(9)5-6;/h2-5,8-9H,1H3;1H. The Bertz CT molecular complexity index is 203. The molecule has 0 fully saturated rings. The molecule has 56 valence electrons. The van der Waals surface area contributed by atoms with Crippen molar-refractivity contribution in [2.45, 2.75) is 0 Å². The van der Waals surface area contributed by atoms with Gasteiger partial charge >= 0.3 is 0 Å². The van der Waals surface area contributed by atoms with Gasteiger partial charge in [0.25, 0.3) is 0 Å². The van der Waals surface area contributed by atoms with Crippen molar-refractivity contribution in [3.05, 3.63) is 24.3 Å². The van der Waals surface area contributed by atoms with Crippen LogP contribution in [0.25, 0.3) is 0 Å². The van der Waals surface area contributed by atoms with Gasteiger partial charge in [-0.15, -0.1) is 12.4 Å². The molecule has 0 heterocycles. The van der Waals surface area contributed by atoms with Gasteiger partial charge in [-0.3, -0.25) is 0 Å². The quantitative estimate of drug-likeness (QED) is 0.656. The first-order valence-electron chi connectivity index (χ1n) is 2.79. The van der Waals surface area contributed by atoms with Crippen LogP contribution >= 0.6 is 12.4 Å². The Balaban J connectivity index is 0.000000810. The number of nitrogens with one attached hydrogen (secondary N) is 1. The van der Waals surface area contributed by atoms with E-state index in [2.05, 4.69) is 5.32 Å². The summed E-state index contributed by atoms with van der Waals surface area (Å²) in [6.07, 6.45) is 0. The second-order valence-corrected chi connectivity index (χ2v) is 1.80. The predicted molar refractivity (Wildman–Crippen MR) is 44.9 cm³/mol. The molecule has 10 heavy (non-hydrogen) atoms. The smallest absolute Gasteiger partial charge is 0.117 e. The van der Waals surface area contributed by atoms with E-state index in [1.807, 2.05) is 13.1 Å². The van der Waals surface area contributed by atoms with Crippen LogP contribution in [0.15, 0.2) is 24.3 Å². The summed E-state index contributed by atoms with van der Waals surface area (Å²) < 4.78 is 0. The normalized spacial score (nSPS) is 8.10. The summed E-state index contributed by atoms with van der Waals surface area (Å²) in [5, 5.41) is 11.8. The average Bonchev–Trinajstić information content (AvgIpc) is 1.88. The molecule has 0 bridgehead atoms. The van der Waals surface area contributed by atoms with E-state index in [4.69, 9.17) is 5.11 Å². The first kappa shape index (κ1) is 9.11. The summed E-state index contributed by atoms with van der Waals surface area (Å²) in [5.41, 5.74) is 0.926. The molecule has 0 amide bonds. The van der Waals surface area contributed by atoms with E-state index in [9.17, 15) is 0 Å². The second-order valence-electron chi connectivity index (χ2n) is 1.80. The lowest BCUT2D eigenvalue weighted by Gasteiger charge is -1.97. The zero-order chi connectivity index (χ0) is 6.69. The number of rotatable bonds is 1. The minimum atomic E-state index is 0. The molecule has 0 aliphatic heterocycles. The van der Waals surface area contributed by atoms with E-state index in [0.717, 1.165) is 5.69 Å². The minimum absolute atomic E-state index is 0. The molecule has 2 nitrogen and oxygen atoms in total. The number of phenols is 1. The maximum atomic E-state index is 8.90. The van der Waals surface area contributed by atoms with Crippen molar-refractivity contribution < 1.29 is 5.11 Å². The number of aromatic hydroxyl groups is 1. The zero-order valence-corrected chi connectivity index (χ0v) is 6.48. The maximum Gasteiger partial charge on any atom is 0.117 e. The van der Waals surface area contributed by atoms with Crippen molar-refractivity contribution in [1.82, 2.24) is 0 Å². The molecular formula is C7H10ClNO. The van der Waals surface area contributed by atoms with Gasteiger partial charge in [0, 0.05) is 18.8 Å². The van der Waals surface area contributed by atoms with Crippen LogP contribution in [0.5, 0.6) is 5.75 Å². The molecule has 0 atom stereocenters. The first-order chi connectivity index (χ1) is 4.33. The molecule has 0 radical (unpaired) electrons. The van der Waals surface area contributed by atoms with Gasteiger partial charge in [0.2, 0.25) is 0 Å². The van der Waals surface area contributed by atoms with Crippen molar-refractivity contribution in [3.8, 4) is 5.75 Å². The summed E-state index contributed by atoms with van der Waals surface area (Å²) in [5.74, 6) is 0.293. The molecule has 1 aromatic rings. The van der Waals surface area contributed by atoms with E-state index in [1.54, 1.807) is 18.2 Å². The lowest BCUT2D eigenvalue weighted by atomic mass is 10.3. The molecule has 0 saturated carbocycles. The highest BCUT2D eigenvalue weighted by atomic mass is 35.5. The van der Waals surface area contributed by atoms with Crippen molar-refractivity contribution in [3.63, 3.8) is 0 Å². The van der Waals surface area contributed by atoms with Crippen LogP contribution in [0.2, 0.25) is 0 Å². The summed E-state index contributed by atoms with van der Waals surface area (Å²) in [6, 6.07) is 6.99. The molecule has 0 spiro atoms. The van der Waals surface area contributed by atoms with Gasteiger partial charge in [-0.1, -0.05) is 6.07 Å². The van der Waals surface area contributed by atoms with E-state index >= 15 is 0 Å². The molecule has 0 unspecified atom stereocenters. The Hall–Kier alpha value is -0.890. The molecule has 0 aliphatic rings. The molecule has 3 heteroatoms. The van der Waals surface area contributed by atoms with E-state index in [0.29, 0.717) is 5.75 Å². The van der Waals surface area contributed by atoms with Gasteiger partial charge in [-0.25, -0.2) is 0 Å². The number of halogens is 1. The van der Waals surface area contributed by atoms with Gasteiger partial charge in [-0.05, 0) is 12.1 Å². The Kier molecular flexibility index (Phi) is 3.65. The highest BCUT2D eigenvalue weighted by molar-refractivity contribution is 5.85. The van der Waals surface area contributed by atoms with Crippen LogP contribution in [0, 0.1) is 0 Å². The SMILES string of the molecule is CNc1cccc(O)c1.Cl. The minimum Gasteiger partial charge on any atom is -0.508 e. The van der Waals surface area contributed by atoms with Crippen LogP contribution in [-0.4, -0.2) is 12.2 Å². The highest BCUT2D eigenvalue weighted by Crippen LogP contribution is 2.13. The molecule has 0 aromatic heterocycles. The Labute approximate surface area is 66.3 Å². The van der Waals surface area contributed by atoms with Gasteiger partial charge in [-0.2, -0.15) is 0 Å². The van der Waals surface area contributed by atoms with Gasteiger partial charge in [0.15, 0.2) is 0 Å². The van der Waals surface area contributed by atoms with E-state index < -0.39 is 0 Å². The molecule has 0 aliphatic carbocycles. The first-order valence-corrected chi connectivity index (χ1v) is 2.79. The van der Waals surface area contributed by atoms with Crippen molar-refractivity contribution in [2.24, 2.45) is 0 Å². The molecule has 1 rings (SSSR count). The maximum absolute atomic E-state index is 8.90. The third kappa shape index (κ3) is 2.15. The third-order valence-corrected chi connectivity index (χ3v) is 1.13. The number of benzene rings is 1. The fourth-order valence-electron chi connectivity index (χ4n) is 0.661.